The molecule has 0 unspecified atom stereocenters. The van der Waals surface area contributed by atoms with E-state index in [1.54, 1.807) is 12.3 Å². The fourth-order valence-electron chi connectivity index (χ4n) is 2.05. The predicted molar refractivity (Wildman–Crippen MR) is 83.0 cm³/mol. The van der Waals surface area contributed by atoms with Crippen LogP contribution in [0.15, 0.2) is 48.7 Å². The largest absolute Gasteiger partial charge is 0.456 e. The molecule has 0 aliphatic rings. The third-order valence-corrected chi connectivity index (χ3v) is 3.58. The van der Waals surface area contributed by atoms with Crippen LogP contribution < -0.4 is 4.74 Å². The molecule has 20 heavy (non-hydrogen) atoms. The van der Waals surface area contributed by atoms with E-state index in [-0.39, 0.29) is 0 Å². The molecule has 1 aromatic heterocycles. The SMILES string of the molecule is Cc1cc(Cl)ccc1Oc1ccnc2c(Cl)cccc12. The van der Waals surface area contributed by atoms with Gasteiger partial charge in [0.05, 0.1) is 10.5 Å². The average Bonchev–Trinajstić information content (AvgIpc) is 2.43. The smallest absolute Gasteiger partial charge is 0.138 e. The van der Waals surface area contributed by atoms with Gasteiger partial charge in [0.1, 0.15) is 11.5 Å². The molecule has 3 rings (SSSR count). The summed E-state index contributed by atoms with van der Waals surface area (Å²) >= 11 is 12.1. The van der Waals surface area contributed by atoms with E-state index < -0.39 is 0 Å². The van der Waals surface area contributed by atoms with Crippen molar-refractivity contribution in [1.29, 1.82) is 0 Å². The van der Waals surface area contributed by atoms with Crippen LogP contribution in [0.1, 0.15) is 5.56 Å². The number of hydrogen-bond donors (Lipinski definition) is 0. The molecular formula is C16H11Cl2NO. The Morgan fingerprint density at radius 1 is 1.00 bits per heavy atom. The second-order valence-corrected chi connectivity index (χ2v) is 5.30. The number of aryl methyl sites for hydroxylation is 1. The first kappa shape index (κ1) is 13.2. The predicted octanol–water partition coefficient (Wildman–Crippen LogP) is 5.64. The Bertz CT molecular complexity index is 787. The Balaban J connectivity index is 2.09. The van der Waals surface area contributed by atoms with Crippen molar-refractivity contribution in [2.75, 3.05) is 0 Å². The van der Waals surface area contributed by atoms with Gasteiger partial charge in [0.25, 0.3) is 0 Å². The van der Waals surface area contributed by atoms with Gasteiger partial charge < -0.3 is 4.74 Å². The number of hydrogen-bond acceptors (Lipinski definition) is 2. The van der Waals surface area contributed by atoms with Crippen molar-refractivity contribution in [2.24, 2.45) is 0 Å². The number of benzene rings is 2. The molecule has 0 saturated carbocycles. The van der Waals surface area contributed by atoms with Gasteiger partial charge in [-0.05, 0) is 48.9 Å². The first-order chi connectivity index (χ1) is 9.65. The Labute approximate surface area is 126 Å². The fraction of sp³-hybridized carbons (Fsp3) is 0.0625. The van der Waals surface area contributed by atoms with Gasteiger partial charge >= 0.3 is 0 Å². The van der Waals surface area contributed by atoms with E-state index in [4.69, 9.17) is 27.9 Å². The van der Waals surface area contributed by atoms with Crippen molar-refractivity contribution in [3.63, 3.8) is 0 Å². The van der Waals surface area contributed by atoms with E-state index in [0.717, 1.165) is 28.0 Å². The van der Waals surface area contributed by atoms with Gasteiger partial charge in [-0.25, -0.2) is 0 Å². The van der Waals surface area contributed by atoms with Crippen molar-refractivity contribution in [3.8, 4) is 11.5 Å². The van der Waals surface area contributed by atoms with Gasteiger partial charge in [0.15, 0.2) is 0 Å². The highest BCUT2D eigenvalue weighted by Gasteiger charge is 2.08. The molecule has 0 atom stereocenters. The minimum absolute atomic E-state index is 0.612. The maximum absolute atomic E-state index is 6.15. The molecule has 0 fully saturated rings. The van der Waals surface area contributed by atoms with Crippen LogP contribution in [0.3, 0.4) is 0 Å². The number of aromatic nitrogens is 1. The number of para-hydroxylation sites is 1. The fourth-order valence-corrected chi connectivity index (χ4v) is 2.50. The molecule has 0 bridgehead atoms. The van der Waals surface area contributed by atoms with Crippen molar-refractivity contribution in [1.82, 2.24) is 4.98 Å². The van der Waals surface area contributed by atoms with Crippen LogP contribution in [0, 0.1) is 6.92 Å². The zero-order valence-corrected chi connectivity index (χ0v) is 12.2. The lowest BCUT2D eigenvalue weighted by Crippen LogP contribution is -1.90. The highest BCUT2D eigenvalue weighted by atomic mass is 35.5. The quantitative estimate of drug-likeness (QED) is 0.611. The van der Waals surface area contributed by atoms with E-state index in [1.807, 2.05) is 43.3 Å². The molecule has 1 heterocycles. The lowest BCUT2D eigenvalue weighted by atomic mass is 10.2. The molecule has 4 heteroatoms. The van der Waals surface area contributed by atoms with Crippen molar-refractivity contribution in [3.05, 3.63) is 64.3 Å². The van der Waals surface area contributed by atoms with Crippen LogP contribution in [0.5, 0.6) is 11.5 Å². The molecule has 0 aliphatic heterocycles. The second-order valence-electron chi connectivity index (χ2n) is 4.46. The summed E-state index contributed by atoms with van der Waals surface area (Å²) < 4.78 is 5.98. The van der Waals surface area contributed by atoms with E-state index in [9.17, 15) is 0 Å². The van der Waals surface area contributed by atoms with E-state index in [2.05, 4.69) is 4.98 Å². The Morgan fingerprint density at radius 3 is 2.65 bits per heavy atom. The average molecular weight is 304 g/mol. The zero-order valence-electron chi connectivity index (χ0n) is 10.7. The Morgan fingerprint density at radius 2 is 1.85 bits per heavy atom. The molecule has 0 radical (unpaired) electrons. The van der Waals surface area contributed by atoms with Gasteiger partial charge in [-0.3, -0.25) is 4.98 Å². The summed E-state index contributed by atoms with van der Waals surface area (Å²) in [6, 6.07) is 13.0. The number of ether oxygens (including phenoxy) is 1. The highest BCUT2D eigenvalue weighted by Crippen LogP contribution is 2.33. The van der Waals surface area contributed by atoms with Crippen LogP contribution in [0.25, 0.3) is 10.9 Å². The van der Waals surface area contributed by atoms with Crippen molar-refractivity contribution < 1.29 is 4.74 Å². The molecule has 2 nitrogen and oxygen atoms in total. The maximum Gasteiger partial charge on any atom is 0.138 e. The van der Waals surface area contributed by atoms with Crippen LogP contribution in [0.2, 0.25) is 10.0 Å². The summed E-state index contributed by atoms with van der Waals surface area (Å²) in [5.41, 5.74) is 1.71. The highest BCUT2D eigenvalue weighted by molar-refractivity contribution is 6.35. The van der Waals surface area contributed by atoms with Gasteiger partial charge in [0.2, 0.25) is 0 Å². The van der Waals surface area contributed by atoms with Crippen molar-refractivity contribution >= 4 is 34.1 Å². The first-order valence-electron chi connectivity index (χ1n) is 6.12. The third-order valence-electron chi connectivity index (χ3n) is 3.04. The molecule has 0 amide bonds. The number of fused-ring (bicyclic) bond motifs is 1. The molecular weight excluding hydrogens is 293 g/mol. The molecule has 0 aliphatic carbocycles. The molecule has 100 valence electrons. The Hall–Kier alpha value is -1.77. The minimum Gasteiger partial charge on any atom is -0.456 e. The summed E-state index contributed by atoms with van der Waals surface area (Å²) in [4.78, 5) is 4.29. The monoisotopic (exact) mass is 303 g/mol. The first-order valence-corrected chi connectivity index (χ1v) is 6.88. The summed E-state index contributed by atoms with van der Waals surface area (Å²) in [5, 5.41) is 2.19. The number of pyridine rings is 1. The summed E-state index contributed by atoms with van der Waals surface area (Å²) in [5.74, 6) is 1.49. The molecule has 0 N–H and O–H groups in total. The summed E-state index contributed by atoms with van der Waals surface area (Å²) in [6.07, 6.45) is 1.69. The normalized spacial score (nSPS) is 10.8. The number of rotatable bonds is 2. The molecule has 0 saturated heterocycles. The zero-order chi connectivity index (χ0) is 14.1. The minimum atomic E-state index is 0.612. The van der Waals surface area contributed by atoms with Gasteiger partial charge in [0, 0.05) is 16.6 Å². The van der Waals surface area contributed by atoms with Crippen LogP contribution >= 0.6 is 23.2 Å². The van der Waals surface area contributed by atoms with Crippen molar-refractivity contribution in [2.45, 2.75) is 6.92 Å². The second kappa shape index (κ2) is 5.31. The standard InChI is InChI=1S/C16H11Cl2NO/c1-10-9-11(17)5-6-14(10)20-15-7-8-19-16-12(15)3-2-4-13(16)18/h2-9H,1H3. The van der Waals surface area contributed by atoms with E-state index >= 15 is 0 Å². The van der Waals surface area contributed by atoms with Crippen LogP contribution in [-0.4, -0.2) is 4.98 Å². The van der Waals surface area contributed by atoms with E-state index in [0.29, 0.717) is 10.0 Å². The molecule has 3 aromatic rings. The van der Waals surface area contributed by atoms with E-state index in [1.165, 1.54) is 0 Å². The topological polar surface area (TPSA) is 22.1 Å². The van der Waals surface area contributed by atoms with Gasteiger partial charge in [-0.15, -0.1) is 0 Å². The lowest BCUT2D eigenvalue weighted by molar-refractivity contribution is 0.484. The molecule has 2 aromatic carbocycles. The molecule has 0 spiro atoms. The lowest BCUT2D eigenvalue weighted by Gasteiger charge is -2.11. The van der Waals surface area contributed by atoms with Crippen LogP contribution in [0.4, 0.5) is 0 Å². The van der Waals surface area contributed by atoms with Gasteiger partial charge in [-0.2, -0.15) is 0 Å². The van der Waals surface area contributed by atoms with Gasteiger partial charge in [-0.1, -0.05) is 29.3 Å². The maximum atomic E-state index is 6.15. The van der Waals surface area contributed by atoms with Crippen LogP contribution in [-0.2, 0) is 0 Å². The summed E-state index contributed by atoms with van der Waals surface area (Å²) in [7, 11) is 0. The number of nitrogens with zero attached hydrogens (tertiary/aromatic N) is 1. The Kier molecular flexibility index (Phi) is 3.51. The summed E-state index contributed by atoms with van der Waals surface area (Å²) in [6.45, 7) is 1.96. The number of halogens is 2. The third kappa shape index (κ3) is 2.45.